The molecule has 0 heterocycles. The van der Waals surface area contributed by atoms with Gasteiger partial charge in [0.05, 0.1) is 13.2 Å². The zero-order valence-electron chi connectivity index (χ0n) is 15.2. The fourth-order valence-corrected chi connectivity index (χ4v) is 4.97. The Labute approximate surface area is 148 Å². The molecular weight excluding hydrogens is 322 g/mol. The number of aliphatic hydroxyl groups excluding tert-OH is 1. The summed E-state index contributed by atoms with van der Waals surface area (Å²) in [6.07, 6.45) is 3.56. The molecule has 1 saturated carbocycles. The van der Waals surface area contributed by atoms with Crippen LogP contribution in [0.25, 0.3) is 0 Å². The molecule has 6 nitrogen and oxygen atoms in total. The molecule has 2 aliphatic rings. The summed E-state index contributed by atoms with van der Waals surface area (Å²) in [6, 6.07) is 4.15. The Balaban J connectivity index is 2.14. The van der Waals surface area contributed by atoms with Gasteiger partial charge in [-0.25, -0.2) is 0 Å². The van der Waals surface area contributed by atoms with Crippen molar-refractivity contribution in [1.29, 1.82) is 0 Å². The topological polar surface area (TPSA) is 81.8 Å². The molecule has 138 valence electrons. The SMILES string of the molecule is COc1c(C(C)C)ccc2c1CC[C@H]1[C@@H](O)CCC[C@]21CO[N+](=O)[O-]. The number of ether oxygens (including phenoxy) is 1. The summed E-state index contributed by atoms with van der Waals surface area (Å²) in [7, 11) is 1.68. The second kappa shape index (κ2) is 6.83. The Morgan fingerprint density at radius 2 is 2.16 bits per heavy atom. The first-order valence-electron chi connectivity index (χ1n) is 9.06. The molecule has 3 atom stereocenters. The number of nitrogens with zero attached hydrogens (tertiary/aromatic N) is 1. The van der Waals surface area contributed by atoms with Gasteiger partial charge in [-0.15, -0.1) is 10.1 Å². The summed E-state index contributed by atoms with van der Waals surface area (Å²) in [6.45, 7) is 4.26. The minimum absolute atomic E-state index is 0.00109. The van der Waals surface area contributed by atoms with Gasteiger partial charge in [-0.2, -0.15) is 0 Å². The molecule has 0 aromatic heterocycles. The van der Waals surface area contributed by atoms with Crippen molar-refractivity contribution >= 4 is 0 Å². The predicted molar refractivity (Wildman–Crippen MR) is 93.4 cm³/mol. The maximum Gasteiger partial charge on any atom is 0.294 e. The highest BCUT2D eigenvalue weighted by molar-refractivity contribution is 5.52. The molecule has 1 aromatic carbocycles. The quantitative estimate of drug-likeness (QED) is 0.651. The number of rotatable bonds is 5. The van der Waals surface area contributed by atoms with E-state index in [-0.39, 0.29) is 12.5 Å². The molecule has 25 heavy (non-hydrogen) atoms. The third-order valence-corrected chi connectivity index (χ3v) is 6.08. The van der Waals surface area contributed by atoms with Gasteiger partial charge < -0.3 is 14.7 Å². The van der Waals surface area contributed by atoms with Crippen molar-refractivity contribution in [1.82, 2.24) is 0 Å². The average Bonchev–Trinajstić information content (AvgIpc) is 2.58. The third kappa shape index (κ3) is 2.97. The van der Waals surface area contributed by atoms with Crippen molar-refractivity contribution < 1.29 is 19.8 Å². The zero-order valence-corrected chi connectivity index (χ0v) is 15.2. The lowest BCUT2D eigenvalue weighted by atomic mass is 9.56. The molecule has 0 radical (unpaired) electrons. The van der Waals surface area contributed by atoms with Crippen LogP contribution in [0.1, 0.15) is 62.1 Å². The minimum atomic E-state index is -0.721. The molecule has 1 fully saturated rings. The van der Waals surface area contributed by atoms with Crippen molar-refractivity contribution in [3.05, 3.63) is 38.9 Å². The van der Waals surface area contributed by atoms with E-state index in [4.69, 9.17) is 9.57 Å². The molecule has 0 amide bonds. The van der Waals surface area contributed by atoms with Crippen LogP contribution in [0.3, 0.4) is 0 Å². The number of benzene rings is 1. The Hall–Kier alpha value is -1.82. The second-order valence-corrected chi connectivity index (χ2v) is 7.63. The third-order valence-electron chi connectivity index (χ3n) is 6.08. The molecular formula is C19H27NO5. The van der Waals surface area contributed by atoms with E-state index >= 15 is 0 Å². The Kier molecular flexibility index (Phi) is 4.91. The Bertz CT molecular complexity index is 659. The maximum atomic E-state index is 10.9. The van der Waals surface area contributed by atoms with E-state index in [0.29, 0.717) is 5.92 Å². The summed E-state index contributed by atoms with van der Waals surface area (Å²) in [5, 5.41) is 20.7. The normalized spacial score (nSPS) is 28.2. The summed E-state index contributed by atoms with van der Waals surface area (Å²) in [5.41, 5.74) is 2.83. The number of hydrogen-bond acceptors (Lipinski definition) is 5. The molecule has 6 heteroatoms. The van der Waals surface area contributed by atoms with Crippen molar-refractivity contribution in [3.8, 4) is 5.75 Å². The first-order chi connectivity index (χ1) is 11.9. The van der Waals surface area contributed by atoms with Gasteiger partial charge in [-0.05, 0) is 60.6 Å². The lowest BCUT2D eigenvalue weighted by molar-refractivity contribution is -0.760. The van der Waals surface area contributed by atoms with E-state index in [1.54, 1.807) is 7.11 Å². The van der Waals surface area contributed by atoms with Gasteiger partial charge in [0.25, 0.3) is 5.09 Å². The number of methoxy groups -OCH3 is 1. The van der Waals surface area contributed by atoms with E-state index in [1.165, 1.54) is 0 Å². The standard InChI is InChI=1S/C19H27NO5/c1-12(2)13-6-8-15-14(18(13)24-3)7-9-16-17(21)5-4-10-19(15,16)11-25-20(22)23/h6,8,12,16-17,21H,4-5,7,9-11H2,1-3H3/t16-,17-,19-/m0/s1. The Morgan fingerprint density at radius 3 is 2.80 bits per heavy atom. The molecule has 0 aliphatic heterocycles. The molecule has 3 rings (SSSR count). The van der Waals surface area contributed by atoms with Crippen LogP contribution in [0.5, 0.6) is 5.75 Å². The van der Waals surface area contributed by atoms with Crippen LogP contribution in [0.15, 0.2) is 12.1 Å². The largest absolute Gasteiger partial charge is 0.496 e. The predicted octanol–water partition coefficient (Wildman–Crippen LogP) is 3.37. The summed E-state index contributed by atoms with van der Waals surface area (Å²) < 4.78 is 5.75. The summed E-state index contributed by atoms with van der Waals surface area (Å²) in [4.78, 5) is 15.7. The van der Waals surface area contributed by atoms with Crippen LogP contribution in [-0.4, -0.2) is 30.0 Å². The van der Waals surface area contributed by atoms with Gasteiger partial charge in [0.1, 0.15) is 12.4 Å². The molecule has 2 aliphatic carbocycles. The van der Waals surface area contributed by atoms with Crippen molar-refractivity contribution in [2.45, 2.75) is 63.4 Å². The molecule has 0 spiro atoms. The van der Waals surface area contributed by atoms with Crippen molar-refractivity contribution in [2.24, 2.45) is 5.92 Å². The molecule has 0 unspecified atom stereocenters. The smallest absolute Gasteiger partial charge is 0.294 e. The summed E-state index contributed by atoms with van der Waals surface area (Å²) >= 11 is 0. The van der Waals surface area contributed by atoms with Crippen LogP contribution in [-0.2, 0) is 16.7 Å². The molecule has 1 N–H and O–H groups in total. The maximum absolute atomic E-state index is 10.9. The van der Waals surface area contributed by atoms with Crippen LogP contribution in [0.4, 0.5) is 0 Å². The monoisotopic (exact) mass is 349 g/mol. The molecule has 0 saturated heterocycles. The van der Waals surface area contributed by atoms with Crippen LogP contribution in [0, 0.1) is 16.0 Å². The van der Waals surface area contributed by atoms with E-state index in [2.05, 4.69) is 26.0 Å². The lowest BCUT2D eigenvalue weighted by Gasteiger charge is -2.50. The Morgan fingerprint density at radius 1 is 1.40 bits per heavy atom. The highest BCUT2D eigenvalue weighted by atomic mass is 16.9. The van der Waals surface area contributed by atoms with Gasteiger partial charge in [0.15, 0.2) is 0 Å². The van der Waals surface area contributed by atoms with Gasteiger partial charge in [0.2, 0.25) is 0 Å². The van der Waals surface area contributed by atoms with Gasteiger partial charge in [-0.3, -0.25) is 0 Å². The fraction of sp³-hybridized carbons (Fsp3) is 0.684. The van der Waals surface area contributed by atoms with Crippen molar-refractivity contribution in [3.63, 3.8) is 0 Å². The van der Waals surface area contributed by atoms with E-state index < -0.39 is 16.6 Å². The fourth-order valence-electron chi connectivity index (χ4n) is 4.97. The minimum Gasteiger partial charge on any atom is -0.496 e. The highest BCUT2D eigenvalue weighted by Crippen LogP contribution is 2.53. The first-order valence-corrected chi connectivity index (χ1v) is 9.06. The second-order valence-electron chi connectivity index (χ2n) is 7.63. The number of aliphatic hydroxyl groups is 1. The van der Waals surface area contributed by atoms with Gasteiger partial charge in [-0.1, -0.05) is 26.0 Å². The average molecular weight is 349 g/mol. The highest BCUT2D eigenvalue weighted by Gasteiger charge is 2.50. The van der Waals surface area contributed by atoms with Crippen LogP contribution >= 0.6 is 0 Å². The molecule has 1 aromatic rings. The zero-order chi connectivity index (χ0) is 18.2. The summed E-state index contributed by atoms with van der Waals surface area (Å²) in [5.74, 6) is 1.22. The van der Waals surface area contributed by atoms with Gasteiger partial charge >= 0.3 is 0 Å². The molecule has 0 bridgehead atoms. The van der Waals surface area contributed by atoms with Gasteiger partial charge in [0, 0.05) is 5.41 Å². The number of hydrogen-bond donors (Lipinski definition) is 1. The number of fused-ring (bicyclic) bond motifs is 3. The first kappa shape index (κ1) is 18.0. The van der Waals surface area contributed by atoms with Crippen molar-refractivity contribution in [2.75, 3.05) is 13.7 Å². The van der Waals surface area contributed by atoms with E-state index in [1.807, 2.05) is 0 Å². The van der Waals surface area contributed by atoms with E-state index in [0.717, 1.165) is 54.5 Å². The van der Waals surface area contributed by atoms with Crippen LogP contribution < -0.4 is 4.74 Å². The van der Waals surface area contributed by atoms with Crippen LogP contribution in [0.2, 0.25) is 0 Å². The lowest BCUT2D eigenvalue weighted by Crippen LogP contribution is -2.51. The van der Waals surface area contributed by atoms with E-state index in [9.17, 15) is 15.2 Å².